The van der Waals surface area contributed by atoms with E-state index in [1.807, 2.05) is 24.3 Å². The summed E-state index contributed by atoms with van der Waals surface area (Å²) in [4.78, 5) is 24.6. The largest absolute Gasteiger partial charge is 0.355 e. The van der Waals surface area contributed by atoms with E-state index in [9.17, 15) is 9.59 Å². The number of halogens is 1. The summed E-state index contributed by atoms with van der Waals surface area (Å²) in [5.74, 6) is -0.494. The highest BCUT2D eigenvalue weighted by Gasteiger charge is 2.17. The highest BCUT2D eigenvalue weighted by molar-refractivity contribution is 7.21. The van der Waals surface area contributed by atoms with Gasteiger partial charge in [-0.25, -0.2) is 0 Å². The molecule has 3 aromatic rings. The van der Waals surface area contributed by atoms with Crippen LogP contribution in [0.25, 0.3) is 10.1 Å². The van der Waals surface area contributed by atoms with Gasteiger partial charge in [-0.3, -0.25) is 9.59 Å². The van der Waals surface area contributed by atoms with Gasteiger partial charge in [0.2, 0.25) is 0 Å². The Hall–Kier alpha value is -2.37. The number of nitrogens with one attached hydrogen (secondary N) is 2. The summed E-state index contributed by atoms with van der Waals surface area (Å²) in [6.07, 6.45) is 0. The zero-order valence-electron chi connectivity index (χ0n) is 12.2. The summed E-state index contributed by atoms with van der Waals surface area (Å²) >= 11 is 7.65. The summed E-state index contributed by atoms with van der Waals surface area (Å²) in [7, 11) is 1.56. The monoisotopic (exact) mass is 344 g/mol. The number of thiophene rings is 1. The molecule has 2 amide bonds. The number of hydrogen-bond acceptors (Lipinski definition) is 3. The second-order valence-corrected chi connectivity index (χ2v) is 6.29. The maximum Gasteiger partial charge on any atom is 0.267 e. The van der Waals surface area contributed by atoms with Gasteiger partial charge in [0.25, 0.3) is 11.8 Å². The van der Waals surface area contributed by atoms with Crippen LogP contribution >= 0.6 is 22.9 Å². The Labute approximate surface area is 142 Å². The van der Waals surface area contributed by atoms with Gasteiger partial charge in [-0.05, 0) is 24.3 Å². The molecule has 1 heterocycles. The molecule has 3 rings (SSSR count). The minimum absolute atomic E-state index is 0.207. The molecule has 6 heteroatoms. The average molecular weight is 345 g/mol. The van der Waals surface area contributed by atoms with Crippen molar-refractivity contribution in [3.05, 3.63) is 64.0 Å². The van der Waals surface area contributed by atoms with Gasteiger partial charge < -0.3 is 10.6 Å². The van der Waals surface area contributed by atoms with Crippen LogP contribution in [0.15, 0.2) is 48.5 Å². The molecule has 1 aromatic heterocycles. The summed E-state index contributed by atoms with van der Waals surface area (Å²) in [6.45, 7) is 0. The van der Waals surface area contributed by atoms with Gasteiger partial charge in [-0.2, -0.15) is 0 Å². The number of fused-ring (bicyclic) bond motifs is 1. The molecule has 2 aromatic carbocycles. The lowest BCUT2D eigenvalue weighted by Crippen LogP contribution is -2.18. The third-order valence-electron chi connectivity index (χ3n) is 3.35. The van der Waals surface area contributed by atoms with Gasteiger partial charge in [0.1, 0.15) is 4.88 Å². The van der Waals surface area contributed by atoms with Crippen LogP contribution in [-0.4, -0.2) is 18.9 Å². The second kappa shape index (κ2) is 6.40. The van der Waals surface area contributed by atoms with Crippen molar-refractivity contribution in [2.24, 2.45) is 0 Å². The first kappa shape index (κ1) is 15.5. The normalized spacial score (nSPS) is 10.5. The van der Waals surface area contributed by atoms with E-state index >= 15 is 0 Å². The standard InChI is InChI=1S/C17H13ClN2O2S/c1-19-16(21)10-5-4-6-11(9-10)20-17(22)15-14(18)12-7-2-3-8-13(12)23-15/h2-9H,1H3,(H,19,21)(H,20,22). The van der Waals surface area contributed by atoms with E-state index in [1.54, 1.807) is 31.3 Å². The average Bonchev–Trinajstić information content (AvgIpc) is 2.92. The molecule has 0 atom stereocenters. The number of rotatable bonds is 3. The van der Waals surface area contributed by atoms with E-state index in [0.717, 1.165) is 10.1 Å². The molecular weight excluding hydrogens is 332 g/mol. The fourth-order valence-electron chi connectivity index (χ4n) is 2.23. The van der Waals surface area contributed by atoms with Gasteiger partial charge in [0.15, 0.2) is 0 Å². The third kappa shape index (κ3) is 3.06. The topological polar surface area (TPSA) is 58.2 Å². The molecule has 2 N–H and O–H groups in total. The molecule has 0 saturated carbocycles. The number of carbonyl (C=O) groups is 2. The van der Waals surface area contributed by atoms with Crippen LogP contribution in [-0.2, 0) is 0 Å². The third-order valence-corrected chi connectivity index (χ3v) is 5.03. The summed E-state index contributed by atoms with van der Waals surface area (Å²) < 4.78 is 0.960. The van der Waals surface area contributed by atoms with Crippen LogP contribution in [0.4, 0.5) is 5.69 Å². The SMILES string of the molecule is CNC(=O)c1cccc(NC(=O)c2sc3ccccc3c2Cl)c1. The Balaban J connectivity index is 1.89. The van der Waals surface area contributed by atoms with Crippen molar-refractivity contribution in [3.63, 3.8) is 0 Å². The number of amides is 2. The minimum atomic E-state index is -0.287. The van der Waals surface area contributed by atoms with Gasteiger partial charge in [-0.1, -0.05) is 35.9 Å². The number of benzene rings is 2. The maximum atomic E-state index is 12.5. The molecular formula is C17H13ClN2O2S. The Kier molecular flexibility index (Phi) is 4.32. The first-order chi connectivity index (χ1) is 11.1. The first-order valence-corrected chi connectivity index (χ1v) is 8.10. The molecule has 0 aliphatic carbocycles. The van der Waals surface area contributed by atoms with Crippen LogP contribution in [0, 0.1) is 0 Å². The molecule has 23 heavy (non-hydrogen) atoms. The molecule has 0 aliphatic rings. The van der Waals surface area contributed by atoms with Crippen molar-refractivity contribution in [3.8, 4) is 0 Å². The quantitative estimate of drug-likeness (QED) is 0.749. The van der Waals surface area contributed by atoms with Gasteiger partial charge in [0.05, 0.1) is 5.02 Å². The lowest BCUT2D eigenvalue weighted by Gasteiger charge is -2.06. The van der Waals surface area contributed by atoms with E-state index in [-0.39, 0.29) is 11.8 Å². The fraction of sp³-hybridized carbons (Fsp3) is 0.0588. The minimum Gasteiger partial charge on any atom is -0.355 e. The highest BCUT2D eigenvalue weighted by Crippen LogP contribution is 2.35. The number of anilines is 1. The lowest BCUT2D eigenvalue weighted by molar-refractivity contribution is 0.0961. The van der Waals surface area contributed by atoms with E-state index in [4.69, 9.17) is 11.6 Å². The number of carbonyl (C=O) groups excluding carboxylic acids is 2. The van der Waals surface area contributed by atoms with Gasteiger partial charge >= 0.3 is 0 Å². The van der Waals surface area contributed by atoms with E-state index in [0.29, 0.717) is 21.2 Å². The molecule has 0 bridgehead atoms. The smallest absolute Gasteiger partial charge is 0.267 e. The Morgan fingerprint density at radius 1 is 1.04 bits per heavy atom. The van der Waals surface area contributed by atoms with Crippen molar-refractivity contribution < 1.29 is 9.59 Å². The molecule has 116 valence electrons. The molecule has 4 nitrogen and oxygen atoms in total. The summed E-state index contributed by atoms with van der Waals surface area (Å²) in [5.41, 5.74) is 1.03. The zero-order chi connectivity index (χ0) is 16.4. The van der Waals surface area contributed by atoms with Crippen LogP contribution in [0.1, 0.15) is 20.0 Å². The Morgan fingerprint density at radius 2 is 1.83 bits per heavy atom. The summed E-state index contributed by atoms with van der Waals surface area (Å²) in [6, 6.07) is 14.3. The molecule has 0 unspecified atom stereocenters. The van der Waals surface area contributed by atoms with Crippen molar-refractivity contribution in [1.82, 2.24) is 5.32 Å². The predicted octanol–water partition coefficient (Wildman–Crippen LogP) is 4.17. The van der Waals surface area contributed by atoms with Crippen molar-refractivity contribution >= 4 is 50.5 Å². The van der Waals surface area contributed by atoms with Gasteiger partial charge in [-0.15, -0.1) is 11.3 Å². The molecule has 0 saturated heterocycles. The lowest BCUT2D eigenvalue weighted by atomic mass is 10.2. The van der Waals surface area contributed by atoms with Crippen molar-refractivity contribution in [2.75, 3.05) is 12.4 Å². The van der Waals surface area contributed by atoms with E-state index in [1.165, 1.54) is 11.3 Å². The van der Waals surface area contributed by atoms with Crippen LogP contribution < -0.4 is 10.6 Å². The van der Waals surface area contributed by atoms with Crippen LogP contribution in [0.2, 0.25) is 5.02 Å². The molecule has 0 aliphatic heterocycles. The molecule has 0 fully saturated rings. The van der Waals surface area contributed by atoms with E-state index < -0.39 is 0 Å². The fourth-order valence-corrected chi connectivity index (χ4v) is 3.64. The van der Waals surface area contributed by atoms with Crippen LogP contribution in [0.3, 0.4) is 0 Å². The summed E-state index contributed by atoms with van der Waals surface area (Å²) in [5, 5.41) is 6.65. The number of hydrogen-bond donors (Lipinski definition) is 2. The second-order valence-electron chi connectivity index (χ2n) is 4.86. The Bertz CT molecular complexity index is 904. The Morgan fingerprint density at radius 3 is 2.57 bits per heavy atom. The first-order valence-electron chi connectivity index (χ1n) is 6.90. The van der Waals surface area contributed by atoms with Gasteiger partial charge in [0, 0.05) is 28.4 Å². The predicted molar refractivity (Wildman–Crippen MR) is 94.6 cm³/mol. The maximum absolute atomic E-state index is 12.5. The highest BCUT2D eigenvalue weighted by atomic mass is 35.5. The zero-order valence-corrected chi connectivity index (χ0v) is 13.8. The van der Waals surface area contributed by atoms with Crippen molar-refractivity contribution in [2.45, 2.75) is 0 Å². The molecule has 0 spiro atoms. The van der Waals surface area contributed by atoms with Crippen LogP contribution in [0.5, 0.6) is 0 Å². The molecule has 0 radical (unpaired) electrons. The van der Waals surface area contributed by atoms with E-state index in [2.05, 4.69) is 10.6 Å². The van der Waals surface area contributed by atoms with Crippen molar-refractivity contribution in [1.29, 1.82) is 0 Å².